The average molecular weight is 340 g/mol. The number of methoxy groups -OCH3 is 1. The standard InChI is InChI=1S/C20H20O5/c1-5-19(21)25-17-11-8-15(12-18(17)23-4)14-6-9-16(10-7-14)24-20(22)13(2)3/h6-12H,2,5H2,1,3-4H3. The highest BCUT2D eigenvalue weighted by Gasteiger charge is 2.11. The van der Waals surface area contributed by atoms with Gasteiger partial charge in [-0.1, -0.05) is 31.7 Å². The molecule has 0 aromatic heterocycles. The number of carbonyl (C=O) groups excluding carboxylic acids is 2. The van der Waals surface area contributed by atoms with Crippen molar-refractivity contribution in [2.75, 3.05) is 7.11 Å². The molecule has 0 aliphatic heterocycles. The minimum atomic E-state index is -0.462. The van der Waals surface area contributed by atoms with E-state index in [0.717, 1.165) is 11.1 Å². The van der Waals surface area contributed by atoms with Gasteiger partial charge in [-0.05, 0) is 42.3 Å². The molecule has 2 aromatic carbocycles. The molecule has 2 rings (SSSR count). The molecule has 0 bridgehead atoms. The number of benzene rings is 2. The first-order chi connectivity index (χ1) is 11.9. The van der Waals surface area contributed by atoms with E-state index in [9.17, 15) is 9.59 Å². The number of ether oxygens (including phenoxy) is 3. The van der Waals surface area contributed by atoms with E-state index >= 15 is 0 Å². The third kappa shape index (κ3) is 4.70. The molecule has 0 aliphatic rings. The van der Waals surface area contributed by atoms with Gasteiger partial charge in [-0.25, -0.2) is 4.79 Å². The molecule has 0 unspecified atom stereocenters. The van der Waals surface area contributed by atoms with Crippen LogP contribution in [0.4, 0.5) is 0 Å². The molecule has 0 aliphatic carbocycles. The van der Waals surface area contributed by atoms with Gasteiger partial charge in [-0.2, -0.15) is 0 Å². The predicted octanol–water partition coefficient (Wildman–Crippen LogP) is 4.16. The normalized spacial score (nSPS) is 10.0. The lowest BCUT2D eigenvalue weighted by Gasteiger charge is -2.11. The zero-order valence-electron chi connectivity index (χ0n) is 14.5. The predicted molar refractivity (Wildman–Crippen MR) is 94.8 cm³/mol. The summed E-state index contributed by atoms with van der Waals surface area (Å²) in [6, 6.07) is 12.4. The van der Waals surface area contributed by atoms with Crippen LogP contribution in [-0.4, -0.2) is 19.0 Å². The van der Waals surface area contributed by atoms with E-state index in [2.05, 4.69) is 6.58 Å². The molecule has 5 nitrogen and oxygen atoms in total. The Labute approximate surface area is 146 Å². The molecule has 5 heteroatoms. The summed E-state index contributed by atoms with van der Waals surface area (Å²) in [4.78, 5) is 23.0. The summed E-state index contributed by atoms with van der Waals surface area (Å²) in [6.07, 6.45) is 0.287. The first-order valence-corrected chi connectivity index (χ1v) is 7.81. The van der Waals surface area contributed by atoms with Crippen molar-refractivity contribution < 1.29 is 23.8 Å². The Hall–Kier alpha value is -3.08. The molecule has 2 aromatic rings. The molecule has 25 heavy (non-hydrogen) atoms. The fourth-order valence-electron chi connectivity index (χ4n) is 2.04. The Bertz CT molecular complexity index is 790. The fourth-order valence-corrected chi connectivity index (χ4v) is 2.04. The van der Waals surface area contributed by atoms with Gasteiger partial charge in [0.2, 0.25) is 0 Å². The van der Waals surface area contributed by atoms with Crippen LogP contribution in [0.3, 0.4) is 0 Å². The van der Waals surface area contributed by atoms with Crippen LogP contribution in [0.15, 0.2) is 54.6 Å². The van der Waals surface area contributed by atoms with Gasteiger partial charge in [0, 0.05) is 12.0 Å². The summed E-state index contributed by atoms with van der Waals surface area (Å²) >= 11 is 0. The number of carbonyl (C=O) groups is 2. The summed E-state index contributed by atoms with van der Waals surface area (Å²) in [6.45, 7) is 6.87. The lowest BCUT2D eigenvalue weighted by molar-refractivity contribution is -0.134. The summed E-state index contributed by atoms with van der Waals surface area (Å²) < 4.78 is 15.7. The molecular weight excluding hydrogens is 320 g/mol. The van der Waals surface area contributed by atoms with Crippen molar-refractivity contribution in [1.82, 2.24) is 0 Å². The largest absolute Gasteiger partial charge is 0.493 e. The van der Waals surface area contributed by atoms with Crippen LogP contribution in [0, 0.1) is 0 Å². The van der Waals surface area contributed by atoms with E-state index in [1.807, 2.05) is 18.2 Å². The van der Waals surface area contributed by atoms with Gasteiger partial charge in [0.15, 0.2) is 11.5 Å². The van der Waals surface area contributed by atoms with Crippen molar-refractivity contribution in [2.24, 2.45) is 0 Å². The number of esters is 2. The molecular formula is C20H20O5. The number of hydrogen-bond donors (Lipinski definition) is 0. The van der Waals surface area contributed by atoms with Crippen LogP contribution in [-0.2, 0) is 9.59 Å². The molecule has 130 valence electrons. The zero-order valence-corrected chi connectivity index (χ0v) is 14.5. The quantitative estimate of drug-likeness (QED) is 0.449. The highest BCUT2D eigenvalue weighted by Crippen LogP contribution is 2.33. The second-order valence-corrected chi connectivity index (χ2v) is 5.39. The third-order valence-electron chi connectivity index (χ3n) is 3.42. The molecule has 0 spiro atoms. The molecule has 0 heterocycles. The summed E-state index contributed by atoms with van der Waals surface area (Å²) in [7, 11) is 1.52. The maximum Gasteiger partial charge on any atom is 0.338 e. The first-order valence-electron chi connectivity index (χ1n) is 7.81. The van der Waals surface area contributed by atoms with Crippen molar-refractivity contribution in [2.45, 2.75) is 20.3 Å². The van der Waals surface area contributed by atoms with E-state index in [-0.39, 0.29) is 12.4 Å². The van der Waals surface area contributed by atoms with Crippen molar-refractivity contribution in [3.8, 4) is 28.4 Å². The summed E-state index contributed by atoms with van der Waals surface area (Å²) in [5, 5.41) is 0. The van der Waals surface area contributed by atoms with Gasteiger partial charge in [0.1, 0.15) is 5.75 Å². The highest BCUT2D eigenvalue weighted by molar-refractivity contribution is 5.88. The second-order valence-electron chi connectivity index (χ2n) is 5.39. The summed E-state index contributed by atoms with van der Waals surface area (Å²) in [5.41, 5.74) is 2.12. The lowest BCUT2D eigenvalue weighted by atomic mass is 10.0. The number of rotatable bonds is 6. The SMILES string of the molecule is C=C(C)C(=O)Oc1ccc(-c2ccc(OC(=O)CC)c(OC)c2)cc1. The Morgan fingerprint density at radius 2 is 1.60 bits per heavy atom. The maximum absolute atomic E-state index is 11.5. The third-order valence-corrected chi connectivity index (χ3v) is 3.42. The Kier molecular flexibility index (Phi) is 5.95. The van der Waals surface area contributed by atoms with Crippen LogP contribution >= 0.6 is 0 Å². The van der Waals surface area contributed by atoms with E-state index in [1.54, 1.807) is 38.1 Å². The Morgan fingerprint density at radius 1 is 0.960 bits per heavy atom. The molecule has 0 saturated heterocycles. The van der Waals surface area contributed by atoms with E-state index < -0.39 is 5.97 Å². The van der Waals surface area contributed by atoms with E-state index in [1.165, 1.54) is 7.11 Å². The van der Waals surface area contributed by atoms with Gasteiger partial charge >= 0.3 is 11.9 Å². The minimum absolute atomic E-state index is 0.287. The molecule has 0 N–H and O–H groups in total. The van der Waals surface area contributed by atoms with Gasteiger partial charge < -0.3 is 14.2 Å². The van der Waals surface area contributed by atoms with Crippen molar-refractivity contribution in [3.63, 3.8) is 0 Å². The summed E-state index contributed by atoms with van der Waals surface area (Å²) in [5.74, 6) is 0.505. The molecule has 0 radical (unpaired) electrons. The van der Waals surface area contributed by atoms with Crippen molar-refractivity contribution in [1.29, 1.82) is 0 Å². The van der Waals surface area contributed by atoms with Gasteiger partial charge in [-0.3, -0.25) is 4.79 Å². The Morgan fingerprint density at radius 3 is 2.16 bits per heavy atom. The fraction of sp³-hybridized carbons (Fsp3) is 0.200. The van der Waals surface area contributed by atoms with E-state index in [0.29, 0.717) is 22.8 Å². The highest BCUT2D eigenvalue weighted by atomic mass is 16.6. The van der Waals surface area contributed by atoms with Crippen LogP contribution in [0.2, 0.25) is 0 Å². The minimum Gasteiger partial charge on any atom is -0.493 e. The zero-order chi connectivity index (χ0) is 18.4. The molecule has 0 amide bonds. The van der Waals surface area contributed by atoms with Gasteiger partial charge in [-0.15, -0.1) is 0 Å². The van der Waals surface area contributed by atoms with Crippen molar-refractivity contribution >= 4 is 11.9 Å². The Balaban J connectivity index is 2.22. The molecule has 0 saturated carbocycles. The topological polar surface area (TPSA) is 61.8 Å². The monoisotopic (exact) mass is 340 g/mol. The van der Waals surface area contributed by atoms with Crippen LogP contribution < -0.4 is 14.2 Å². The van der Waals surface area contributed by atoms with Crippen LogP contribution in [0.5, 0.6) is 17.2 Å². The first kappa shape index (κ1) is 18.3. The van der Waals surface area contributed by atoms with Gasteiger partial charge in [0.05, 0.1) is 7.11 Å². The second kappa shape index (κ2) is 8.15. The lowest BCUT2D eigenvalue weighted by Crippen LogP contribution is -2.07. The van der Waals surface area contributed by atoms with Crippen molar-refractivity contribution in [3.05, 3.63) is 54.6 Å². The molecule has 0 atom stereocenters. The molecule has 0 fully saturated rings. The average Bonchev–Trinajstić information content (AvgIpc) is 2.62. The maximum atomic E-state index is 11.5. The van der Waals surface area contributed by atoms with Crippen LogP contribution in [0.25, 0.3) is 11.1 Å². The smallest absolute Gasteiger partial charge is 0.338 e. The van der Waals surface area contributed by atoms with Gasteiger partial charge in [0.25, 0.3) is 0 Å². The van der Waals surface area contributed by atoms with Crippen LogP contribution in [0.1, 0.15) is 20.3 Å². The number of hydrogen-bond acceptors (Lipinski definition) is 5. The van der Waals surface area contributed by atoms with E-state index in [4.69, 9.17) is 14.2 Å².